The van der Waals surface area contributed by atoms with Crippen molar-refractivity contribution in [2.75, 3.05) is 0 Å². The van der Waals surface area contributed by atoms with Gasteiger partial charge in [0.25, 0.3) is 0 Å². The Hall–Kier alpha value is -4.68. The molecule has 0 saturated heterocycles. The molecule has 0 aliphatic heterocycles. The summed E-state index contributed by atoms with van der Waals surface area (Å²) >= 11 is 0. The Kier molecular flexibility index (Phi) is 7.25. The summed E-state index contributed by atoms with van der Waals surface area (Å²) in [4.78, 5) is 0. The summed E-state index contributed by atoms with van der Waals surface area (Å²) in [6, 6.07) is 21.3. The first-order valence-electron chi connectivity index (χ1n) is 20.3. The maximum absolute atomic E-state index is 2.83. The van der Waals surface area contributed by atoms with E-state index in [-0.39, 0.29) is 0 Å². The molecule has 256 valence electrons. The van der Waals surface area contributed by atoms with Gasteiger partial charge in [-0.2, -0.15) is 0 Å². The Bertz CT molecular complexity index is 2330. The van der Waals surface area contributed by atoms with E-state index in [1.54, 1.807) is 27.9 Å². The van der Waals surface area contributed by atoms with Gasteiger partial charge in [-0.15, -0.1) is 0 Å². The summed E-state index contributed by atoms with van der Waals surface area (Å²) in [6.45, 7) is 2.50. The number of fused-ring (bicyclic) bond motifs is 6. The van der Waals surface area contributed by atoms with Crippen molar-refractivity contribution >= 4 is 33.1 Å². The van der Waals surface area contributed by atoms with Crippen LogP contribution in [0.5, 0.6) is 0 Å². The first-order valence-corrected chi connectivity index (χ1v) is 20.3. The monoisotopic (exact) mass is 672 g/mol. The Morgan fingerprint density at radius 3 is 2.52 bits per heavy atom. The number of benzene rings is 3. The minimum atomic E-state index is 0.449. The van der Waals surface area contributed by atoms with Gasteiger partial charge in [-0.25, -0.2) is 0 Å². The van der Waals surface area contributed by atoms with Gasteiger partial charge in [0.15, 0.2) is 0 Å². The van der Waals surface area contributed by atoms with Gasteiger partial charge < -0.3 is 0 Å². The molecule has 11 rings (SSSR count). The third-order valence-corrected chi connectivity index (χ3v) is 14.0. The van der Waals surface area contributed by atoms with Crippen LogP contribution in [0.1, 0.15) is 86.1 Å². The lowest BCUT2D eigenvalue weighted by Crippen LogP contribution is -2.29. The minimum absolute atomic E-state index is 0.449. The molecule has 8 aliphatic carbocycles. The Labute approximate surface area is 309 Å². The SMILES string of the molecule is CC1CCC2C=CC=CC2=C1C1=CCC2/C=C(\C3C=CCC3)c3cc4c5c(cccc5c3/C(c3ccccc3)=C/C(C3C=C3)C2C1)C1=C4C=CCC1. The number of rotatable bonds is 4. The predicted molar refractivity (Wildman–Crippen MR) is 220 cm³/mol. The van der Waals surface area contributed by atoms with Crippen molar-refractivity contribution in [2.45, 2.75) is 58.3 Å². The van der Waals surface area contributed by atoms with Crippen molar-refractivity contribution in [3.8, 4) is 0 Å². The molecule has 0 heterocycles. The van der Waals surface area contributed by atoms with Gasteiger partial charge in [0.05, 0.1) is 0 Å². The molecule has 8 aliphatic rings. The average Bonchev–Trinajstić information content (AvgIpc) is 3.77. The summed E-state index contributed by atoms with van der Waals surface area (Å²) in [5.74, 6) is 3.67. The van der Waals surface area contributed by atoms with Crippen LogP contribution in [0.25, 0.3) is 33.1 Å². The van der Waals surface area contributed by atoms with Crippen LogP contribution in [0.4, 0.5) is 0 Å². The molecule has 0 N–H and O–H groups in total. The molecule has 0 saturated carbocycles. The lowest BCUT2D eigenvalue weighted by molar-refractivity contribution is 0.275. The molecule has 3 aromatic rings. The normalized spacial score (nSPS) is 31.9. The largest absolute Gasteiger partial charge is 0.0879 e. The van der Waals surface area contributed by atoms with Gasteiger partial charge in [0.1, 0.15) is 0 Å². The number of hydrogen-bond donors (Lipinski definition) is 0. The summed E-state index contributed by atoms with van der Waals surface area (Å²) in [5.41, 5.74) is 18.2. The van der Waals surface area contributed by atoms with Crippen LogP contribution in [0.2, 0.25) is 0 Å². The fourth-order valence-electron chi connectivity index (χ4n) is 11.4. The summed E-state index contributed by atoms with van der Waals surface area (Å²) in [6.07, 6.45) is 42.1. The maximum Gasteiger partial charge on any atom is 0.00242 e. The van der Waals surface area contributed by atoms with Gasteiger partial charge in [-0.05, 0) is 159 Å². The Morgan fingerprint density at radius 2 is 1.65 bits per heavy atom. The molecule has 3 aromatic carbocycles. The van der Waals surface area contributed by atoms with E-state index in [0.717, 1.165) is 25.7 Å². The van der Waals surface area contributed by atoms with Crippen molar-refractivity contribution in [3.63, 3.8) is 0 Å². The summed E-state index contributed by atoms with van der Waals surface area (Å²) in [7, 11) is 0. The quantitative estimate of drug-likeness (QED) is 0.242. The Morgan fingerprint density at radius 1 is 0.731 bits per heavy atom. The third kappa shape index (κ3) is 4.86. The zero-order valence-electron chi connectivity index (χ0n) is 30.4. The summed E-state index contributed by atoms with van der Waals surface area (Å²) in [5, 5.41) is 2.92. The lowest BCUT2D eigenvalue weighted by atomic mass is 9.65. The fourth-order valence-corrected chi connectivity index (χ4v) is 11.4. The van der Waals surface area contributed by atoms with Crippen LogP contribution in [-0.2, 0) is 0 Å². The molecule has 0 spiro atoms. The second-order valence-corrected chi connectivity index (χ2v) is 16.8. The van der Waals surface area contributed by atoms with E-state index in [2.05, 4.69) is 141 Å². The Balaban J connectivity index is 1.17. The molecule has 52 heavy (non-hydrogen) atoms. The van der Waals surface area contributed by atoms with E-state index >= 15 is 0 Å². The van der Waals surface area contributed by atoms with E-state index in [9.17, 15) is 0 Å². The lowest BCUT2D eigenvalue weighted by Gasteiger charge is -2.39. The molecular formula is C52H48. The highest BCUT2D eigenvalue weighted by atomic mass is 14.4. The van der Waals surface area contributed by atoms with Crippen molar-refractivity contribution in [2.24, 2.45) is 41.4 Å². The van der Waals surface area contributed by atoms with Crippen LogP contribution in [0.3, 0.4) is 0 Å². The predicted octanol–water partition coefficient (Wildman–Crippen LogP) is 13.4. The van der Waals surface area contributed by atoms with Crippen LogP contribution in [0, 0.1) is 41.4 Å². The van der Waals surface area contributed by atoms with Crippen LogP contribution in [-0.4, -0.2) is 0 Å². The average molecular weight is 673 g/mol. The zero-order chi connectivity index (χ0) is 34.3. The van der Waals surface area contributed by atoms with Crippen LogP contribution >= 0.6 is 0 Å². The molecule has 0 fully saturated rings. The molecule has 0 aromatic heterocycles. The van der Waals surface area contributed by atoms with E-state index < -0.39 is 0 Å². The molecule has 6 atom stereocenters. The molecule has 0 bridgehead atoms. The third-order valence-electron chi connectivity index (χ3n) is 14.0. The van der Waals surface area contributed by atoms with E-state index in [1.807, 2.05) is 0 Å². The maximum atomic E-state index is 2.83. The van der Waals surface area contributed by atoms with E-state index in [0.29, 0.717) is 41.4 Å². The summed E-state index contributed by atoms with van der Waals surface area (Å²) < 4.78 is 0. The van der Waals surface area contributed by atoms with Gasteiger partial charge >= 0.3 is 0 Å². The highest BCUT2D eigenvalue weighted by molar-refractivity contribution is 6.20. The molecule has 0 heteroatoms. The van der Waals surface area contributed by atoms with Crippen molar-refractivity contribution in [1.82, 2.24) is 0 Å². The highest BCUT2D eigenvalue weighted by Gasteiger charge is 2.41. The zero-order valence-corrected chi connectivity index (χ0v) is 30.4. The highest BCUT2D eigenvalue weighted by Crippen LogP contribution is 2.55. The van der Waals surface area contributed by atoms with Gasteiger partial charge in [-0.1, -0.05) is 134 Å². The molecular weight excluding hydrogens is 625 g/mol. The second kappa shape index (κ2) is 12.2. The number of hydrogen-bond acceptors (Lipinski definition) is 0. The molecule has 6 unspecified atom stereocenters. The van der Waals surface area contributed by atoms with Crippen molar-refractivity contribution < 1.29 is 0 Å². The van der Waals surface area contributed by atoms with Crippen LogP contribution < -0.4 is 0 Å². The van der Waals surface area contributed by atoms with Crippen LogP contribution in [0.15, 0.2) is 150 Å². The number of allylic oxidation sites excluding steroid dienone is 19. The molecule has 0 amide bonds. The van der Waals surface area contributed by atoms with Crippen molar-refractivity contribution in [3.05, 3.63) is 178 Å². The standard InChI is InChI=1S/C52H48/c1-32-22-23-35-16-7-8-17-39(35)50(32)38-27-26-37-28-44(33-14-5-6-15-33)49-31-48-41-19-10-9-18-40(41)42-20-11-21-43(51(42)48)52(49)47(34-12-3-2-4-13-34)30-46(36-24-25-36)45(37)29-38/h2-5,7-8,10-14,16-17,19-21,24-25,27-28,30-33,35-37,45-46H,6,9,15,18,22-23,26,29H2,1H3/b44-28+,47-30+. The van der Waals surface area contributed by atoms with Gasteiger partial charge in [0.2, 0.25) is 0 Å². The smallest absolute Gasteiger partial charge is 0.00242 e. The van der Waals surface area contributed by atoms with Gasteiger partial charge in [0, 0.05) is 17.8 Å². The minimum Gasteiger partial charge on any atom is -0.0879 e. The molecule has 0 radical (unpaired) electrons. The first-order chi connectivity index (χ1) is 25.7. The van der Waals surface area contributed by atoms with E-state index in [1.165, 1.54) is 75.4 Å². The first kappa shape index (κ1) is 30.9. The topological polar surface area (TPSA) is 0 Å². The van der Waals surface area contributed by atoms with E-state index in [4.69, 9.17) is 0 Å². The molecule has 0 nitrogen and oxygen atoms in total. The van der Waals surface area contributed by atoms with Gasteiger partial charge in [-0.3, -0.25) is 0 Å². The second-order valence-electron chi connectivity index (χ2n) is 16.8. The fraction of sp³-hybridized carbons (Fsp3) is 0.308. The van der Waals surface area contributed by atoms with Crippen molar-refractivity contribution in [1.29, 1.82) is 0 Å².